The molecule has 1 fully saturated rings. The first-order chi connectivity index (χ1) is 12.2. The summed E-state index contributed by atoms with van der Waals surface area (Å²) in [6.45, 7) is 0. The zero-order valence-corrected chi connectivity index (χ0v) is 14.1. The van der Waals surface area contributed by atoms with Crippen molar-refractivity contribution in [2.75, 3.05) is 5.73 Å². The quantitative estimate of drug-likeness (QED) is 0.745. The molecule has 0 amide bonds. The molecule has 0 saturated heterocycles. The van der Waals surface area contributed by atoms with E-state index in [1.54, 1.807) is 0 Å². The maximum Gasteiger partial charge on any atom is 0.134 e. The van der Waals surface area contributed by atoms with E-state index < -0.39 is 0 Å². The number of rotatable bonds is 3. The molecule has 2 aromatic carbocycles. The molecule has 124 valence electrons. The van der Waals surface area contributed by atoms with E-state index in [-0.39, 0.29) is 5.41 Å². The van der Waals surface area contributed by atoms with Crippen LogP contribution in [0.15, 0.2) is 78.9 Å². The highest BCUT2D eigenvalue weighted by Gasteiger charge is 2.52. The van der Waals surface area contributed by atoms with Gasteiger partial charge < -0.3 is 10.5 Å². The lowest BCUT2D eigenvalue weighted by molar-refractivity contribution is 0.431. The van der Waals surface area contributed by atoms with Crippen molar-refractivity contribution in [3.8, 4) is 11.5 Å². The summed E-state index contributed by atoms with van der Waals surface area (Å²) in [5.74, 6) is 3.03. The summed E-state index contributed by atoms with van der Waals surface area (Å²) in [5, 5.41) is 0. The first-order valence-electron chi connectivity index (χ1n) is 8.96. The average Bonchev–Trinajstić information content (AvgIpc) is 3.18. The fourth-order valence-corrected chi connectivity index (χ4v) is 4.77. The summed E-state index contributed by atoms with van der Waals surface area (Å²) in [6, 6.07) is 16.0. The number of nitrogens with two attached hydrogens (primary N) is 1. The monoisotopic (exact) mass is 327 g/mol. The van der Waals surface area contributed by atoms with E-state index in [2.05, 4.69) is 48.6 Å². The molecule has 3 atom stereocenters. The van der Waals surface area contributed by atoms with Gasteiger partial charge in [0.15, 0.2) is 0 Å². The Balaban J connectivity index is 1.55. The highest BCUT2D eigenvalue weighted by atomic mass is 16.5. The van der Waals surface area contributed by atoms with E-state index in [9.17, 15) is 0 Å². The molecule has 2 heteroatoms. The lowest BCUT2D eigenvalue weighted by atomic mass is 9.68. The smallest absolute Gasteiger partial charge is 0.134 e. The van der Waals surface area contributed by atoms with Gasteiger partial charge in [0.1, 0.15) is 11.5 Å². The van der Waals surface area contributed by atoms with E-state index in [1.807, 2.05) is 30.3 Å². The molecule has 3 aliphatic rings. The van der Waals surface area contributed by atoms with Crippen LogP contribution >= 0.6 is 0 Å². The largest absolute Gasteiger partial charge is 0.457 e. The summed E-state index contributed by atoms with van der Waals surface area (Å²) < 4.78 is 6.22. The number of para-hydroxylation sites is 1. The molecule has 1 saturated carbocycles. The molecule has 0 aromatic heterocycles. The average molecular weight is 327 g/mol. The van der Waals surface area contributed by atoms with E-state index in [0.717, 1.165) is 17.2 Å². The molecule has 5 rings (SSSR count). The molecule has 1 spiro atoms. The summed E-state index contributed by atoms with van der Waals surface area (Å²) >= 11 is 0. The van der Waals surface area contributed by atoms with Crippen LogP contribution in [-0.2, 0) is 0 Å². The fraction of sp³-hybridized carbons (Fsp3) is 0.217. The molecule has 2 nitrogen and oxygen atoms in total. The van der Waals surface area contributed by atoms with Gasteiger partial charge in [-0.3, -0.25) is 0 Å². The Bertz CT molecular complexity index is 906. The van der Waals surface area contributed by atoms with E-state index in [0.29, 0.717) is 11.8 Å². The van der Waals surface area contributed by atoms with Gasteiger partial charge in [-0.2, -0.15) is 0 Å². The number of hydrogen-bond acceptors (Lipinski definition) is 2. The lowest BCUT2D eigenvalue weighted by Gasteiger charge is -2.35. The second-order valence-electron chi connectivity index (χ2n) is 7.34. The molecule has 3 aliphatic carbocycles. The van der Waals surface area contributed by atoms with Crippen molar-refractivity contribution in [2.24, 2.45) is 17.3 Å². The van der Waals surface area contributed by atoms with E-state index in [4.69, 9.17) is 10.5 Å². The van der Waals surface area contributed by atoms with Crippen LogP contribution in [0.25, 0.3) is 5.57 Å². The first-order valence-corrected chi connectivity index (χ1v) is 8.96. The Labute approximate surface area is 148 Å². The maximum absolute atomic E-state index is 6.22. The van der Waals surface area contributed by atoms with Crippen molar-refractivity contribution in [3.05, 3.63) is 84.5 Å². The molecule has 0 radical (unpaired) electrons. The first kappa shape index (κ1) is 14.6. The number of allylic oxidation sites excluding steroid dienone is 6. The number of ether oxygens (including phenoxy) is 1. The van der Waals surface area contributed by atoms with Crippen molar-refractivity contribution in [2.45, 2.75) is 12.8 Å². The minimum Gasteiger partial charge on any atom is -0.457 e. The molecular formula is C23H21NO. The third kappa shape index (κ3) is 2.25. The standard InChI is InChI=1S/C23H21NO/c24-18-8-10-19(11-9-18)25-22-7-2-1-6-20(22)21-14-16-13-17-5-3-4-12-23(17,21)15-16/h1-12,14,16-17H,13,15,24H2. The van der Waals surface area contributed by atoms with Gasteiger partial charge in [-0.25, -0.2) is 0 Å². The van der Waals surface area contributed by atoms with Crippen molar-refractivity contribution in [3.63, 3.8) is 0 Å². The molecular weight excluding hydrogens is 306 g/mol. The van der Waals surface area contributed by atoms with Crippen LogP contribution in [0.1, 0.15) is 18.4 Å². The summed E-state index contributed by atoms with van der Waals surface area (Å²) in [5.41, 5.74) is 9.33. The van der Waals surface area contributed by atoms with Crippen molar-refractivity contribution < 1.29 is 4.74 Å². The maximum atomic E-state index is 6.22. The van der Waals surface area contributed by atoms with Gasteiger partial charge in [0.2, 0.25) is 0 Å². The predicted octanol–water partition coefficient (Wildman–Crippen LogP) is 5.60. The highest BCUT2D eigenvalue weighted by Crippen LogP contribution is 2.63. The molecule has 2 aromatic rings. The van der Waals surface area contributed by atoms with Crippen LogP contribution in [0.3, 0.4) is 0 Å². The fourth-order valence-electron chi connectivity index (χ4n) is 4.77. The number of anilines is 1. The third-order valence-electron chi connectivity index (χ3n) is 5.86. The topological polar surface area (TPSA) is 35.2 Å². The summed E-state index contributed by atoms with van der Waals surface area (Å²) in [7, 11) is 0. The van der Waals surface area contributed by atoms with Crippen molar-refractivity contribution in [1.29, 1.82) is 0 Å². The SMILES string of the molecule is Nc1ccc(Oc2ccccc2C2=CC3CC4C=CC=CC24C3)cc1. The van der Waals surface area contributed by atoms with Gasteiger partial charge >= 0.3 is 0 Å². The Morgan fingerprint density at radius 2 is 1.84 bits per heavy atom. The second-order valence-corrected chi connectivity index (χ2v) is 7.34. The summed E-state index contributed by atoms with van der Waals surface area (Å²) in [6.07, 6.45) is 14.2. The Morgan fingerprint density at radius 1 is 1.00 bits per heavy atom. The molecule has 0 aliphatic heterocycles. The number of fused-ring (bicyclic) bond motifs is 1. The van der Waals surface area contributed by atoms with E-state index >= 15 is 0 Å². The predicted molar refractivity (Wildman–Crippen MR) is 102 cm³/mol. The molecule has 2 N–H and O–H groups in total. The Morgan fingerprint density at radius 3 is 2.72 bits per heavy atom. The molecule has 3 unspecified atom stereocenters. The van der Waals surface area contributed by atoms with Gasteiger partial charge in [-0.15, -0.1) is 0 Å². The Kier molecular flexibility index (Phi) is 3.14. The van der Waals surface area contributed by atoms with Gasteiger partial charge in [-0.05, 0) is 60.6 Å². The molecule has 0 heterocycles. The van der Waals surface area contributed by atoms with Gasteiger partial charge in [0.25, 0.3) is 0 Å². The lowest BCUT2D eigenvalue weighted by Crippen LogP contribution is -2.25. The van der Waals surface area contributed by atoms with Crippen LogP contribution in [-0.4, -0.2) is 0 Å². The minimum atomic E-state index is 0.153. The minimum absolute atomic E-state index is 0.153. The second kappa shape index (κ2) is 5.38. The number of hydrogen-bond donors (Lipinski definition) is 1. The van der Waals surface area contributed by atoms with E-state index in [1.165, 1.54) is 24.0 Å². The number of nitrogen functional groups attached to an aromatic ring is 1. The number of benzene rings is 2. The van der Waals surface area contributed by atoms with Gasteiger partial charge in [0, 0.05) is 16.7 Å². The molecule has 2 bridgehead atoms. The van der Waals surface area contributed by atoms with Crippen molar-refractivity contribution >= 4 is 11.3 Å². The zero-order chi connectivity index (χ0) is 16.9. The molecule has 25 heavy (non-hydrogen) atoms. The van der Waals surface area contributed by atoms with Crippen LogP contribution in [0.5, 0.6) is 11.5 Å². The van der Waals surface area contributed by atoms with Crippen LogP contribution < -0.4 is 10.5 Å². The van der Waals surface area contributed by atoms with Gasteiger partial charge in [-0.1, -0.05) is 48.6 Å². The van der Waals surface area contributed by atoms with Crippen LogP contribution in [0, 0.1) is 17.3 Å². The zero-order valence-electron chi connectivity index (χ0n) is 14.1. The van der Waals surface area contributed by atoms with Gasteiger partial charge in [0.05, 0.1) is 0 Å². The van der Waals surface area contributed by atoms with Crippen molar-refractivity contribution in [1.82, 2.24) is 0 Å². The third-order valence-corrected chi connectivity index (χ3v) is 5.86. The highest BCUT2D eigenvalue weighted by molar-refractivity contribution is 5.80. The summed E-state index contributed by atoms with van der Waals surface area (Å²) in [4.78, 5) is 0. The van der Waals surface area contributed by atoms with Crippen LogP contribution in [0.2, 0.25) is 0 Å². The Hall–Kier alpha value is -2.74. The van der Waals surface area contributed by atoms with Crippen LogP contribution in [0.4, 0.5) is 5.69 Å². The normalized spacial score (nSPS) is 28.7.